The average molecular weight is 350 g/mol. The number of hydrogen-bond acceptors (Lipinski definition) is 5. The molecule has 0 saturated heterocycles. The number of ether oxygens (including phenoxy) is 2. The van der Waals surface area contributed by atoms with Crippen LogP contribution in [0.3, 0.4) is 0 Å². The summed E-state index contributed by atoms with van der Waals surface area (Å²) in [7, 11) is 1.24. The van der Waals surface area contributed by atoms with Crippen LogP contribution in [0.4, 0.5) is 4.79 Å². The molecule has 0 aliphatic rings. The highest BCUT2D eigenvalue weighted by molar-refractivity contribution is 5.88. The quantitative estimate of drug-likeness (QED) is 0.732. The Morgan fingerprint density at radius 1 is 1.12 bits per heavy atom. The second-order valence-electron chi connectivity index (χ2n) is 6.52. The van der Waals surface area contributed by atoms with E-state index < -0.39 is 29.6 Å². The largest absolute Gasteiger partial charge is 0.468 e. The molecule has 0 bridgehead atoms. The van der Waals surface area contributed by atoms with E-state index in [1.807, 2.05) is 30.3 Å². The molecule has 0 aliphatic heterocycles. The number of alkyl carbamates (subject to hydrolysis) is 1. The van der Waals surface area contributed by atoms with Gasteiger partial charge < -0.3 is 20.1 Å². The minimum Gasteiger partial charge on any atom is -0.468 e. The Labute approximate surface area is 148 Å². The van der Waals surface area contributed by atoms with Crippen LogP contribution in [-0.2, 0) is 25.5 Å². The second-order valence-corrected chi connectivity index (χ2v) is 6.52. The summed E-state index contributed by atoms with van der Waals surface area (Å²) in [5.74, 6) is -1.03. The van der Waals surface area contributed by atoms with Crippen molar-refractivity contribution in [3.05, 3.63) is 35.9 Å². The number of amides is 2. The van der Waals surface area contributed by atoms with Crippen molar-refractivity contribution < 1.29 is 23.9 Å². The van der Waals surface area contributed by atoms with E-state index in [0.717, 1.165) is 5.56 Å². The molecule has 0 saturated carbocycles. The van der Waals surface area contributed by atoms with Crippen LogP contribution >= 0.6 is 0 Å². The fourth-order valence-electron chi connectivity index (χ4n) is 2.03. The first-order valence-electron chi connectivity index (χ1n) is 8.09. The van der Waals surface area contributed by atoms with E-state index in [4.69, 9.17) is 4.74 Å². The van der Waals surface area contributed by atoms with Gasteiger partial charge in [-0.15, -0.1) is 0 Å². The Bertz CT molecular complexity index is 581. The highest BCUT2D eigenvalue weighted by atomic mass is 16.6. The first kappa shape index (κ1) is 20.5. The topological polar surface area (TPSA) is 93.7 Å². The van der Waals surface area contributed by atoms with Gasteiger partial charge in [0, 0.05) is 0 Å². The molecule has 1 aromatic rings. The Balaban J connectivity index is 2.69. The number of hydrogen-bond donors (Lipinski definition) is 2. The summed E-state index contributed by atoms with van der Waals surface area (Å²) in [6, 6.07) is 8.78. The summed E-state index contributed by atoms with van der Waals surface area (Å²) in [5, 5.41) is 5.01. The van der Waals surface area contributed by atoms with Crippen molar-refractivity contribution in [1.82, 2.24) is 10.6 Å². The zero-order valence-corrected chi connectivity index (χ0v) is 15.1. The predicted molar refractivity (Wildman–Crippen MR) is 92.9 cm³/mol. The lowest BCUT2D eigenvalue weighted by Crippen LogP contribution is -2.49. The van der Waals surface area contributed by atoms with Crippen LogP contribution in [-0.4, -0.2) is 43.3 Å². The molecule has 7 heteroatoms. The minimum absolute atomic E-state index is 0.257. The monoisotopic (exact) mass is 350 g/mol. The van der Waals surface area contributed by atoms with Crippen molar-refractivity contribution in [1.29, 1.82) is 0 Å². The number of benzene rings is 1. The van der Waals surface area contributed by atoms with Crippen LogP contribution in [0.1, 0.15) is 32.8 Å². The van der Waals surface area contributed by atoms with E-state index in [2.05, 4.69) is 15.4 Å². The van der Waals surface area contributed by atoms with Crippen LogP contribution in [0, 0.1) is 0 Å². The number of nitrogens with one attached hydrogen (secondary N) is 2. The average Bonchev–Trinajstić information content (AvgIpc) is 2.55. The normalized spacial score (nSPS) is 12.0. The van der Waals surface area contributed by atoms with E-state index in [0.29, 0.717) is 12.8 Å². The van der Waals surface area contributed by atoms with E-state index in [-0.39, 0.29) is 6.54 Å². The molecule has 2 N–H and O–H groups in total. The Hall–Kier alpha value is -2.57. The van der Waals surface area contributed by atoms with E-state index in [1.54, 1.807) is 20.8 Å². The molecule has 138 valence electrons. The first-order valence-corrected chi connectivity index (χ1v) is 8.09. The number of methoxy groups -OCH3 is 1. The summed E-state index contributed by atoms with van der Waals surface area (Å²) in [4.78, 5) is 35.5. The van der Waals surface area contributed by atoms with E-state index >= 15 is 0 Å². The van der Waals surface area contributed by atoms with Crippen molar-refractivity contribution in [2.45, 2.75) is 45.3 Å². The number of esters is 1. The summed E-state index contributed by atoms with van der Waals surface area (Å²) in [5.41, 5.74) is 0.371. The third-order valence-corrected chi connectivity index (χ3v) is 3.21. The van der Waals surface area contributed by atoms with Crippen molar-refractivity contribution in [2.24, 2.45) is 0 Å². The molecule has 0 aromatic heterocycles. The molecule has 0 radical (unpaired) electrons. The molecule has 0 aliphatic carbocycles. The van der Waals surface area contributed by atoms with Crippen molar-refractivity contribution in [2.75, 3.05) is 13.7 Å². The minimum atomic E-state index is -0.820. The van der Waals surface area contributed by atoms with Crippen LogP contribution < -0.4 is 10.6 Å². The lowest BCUT2D eigenvalue weighted by molar-refractivity contribution is -0.141. The molecule has 1 aromatic carbocycles. The van der Waals surface area contributed by atoms with Crippen molar-refractivity contribution in [3.8, 4) is 0 Å². The molecular formula is C18H26N2O5. The Kier molecular flexibility index (Phi) is 7.91. The molecule has 1 atom stereocenters. The predicted octanol–water partition coefficient (Wildman–Crippen LogP) is 1.80. The number of aryl methyl sites for hydroxylation is 1. The lowest BCUT2D eigenvalue weighted by atomic mass is 10.0. The van der Waals surface area contributed by atoms with Gasteiger partial charge in [-0.25, -0.2) is 4.79 Å². The molecular weight excluding hydrogens is 324 g/mol. The zero-order valence-electron chi connectivity index (χ0n) is 15.1. The summed E-state index contributed by atoms with van der Waals surface area (Å²) < 4.78 is 9.69. The second kappa shape index (κ2) is 9.66. The maximum absolute atomic E-state index is 12.3. The SMILES string of the molecule is COC(=O)CNC(=O)[C@H](CCc1ccccc1)NC(=O)OC(C)(C)C. The Morgan fingerprint density at radius 3 is 2.32 bits per heavy atom. The maximum Gasteiger partial charge on any atom is 0.408 e. The molecule has 1 rings (SSSR count). The van der Waals surface area contributed by atoms with E-state index in [9.17, 15) is 14.4 Å². The molecule has 25 heavy (non-hydrogen) atoms. The van der Waals surface area contributed by atoms with Crippen molar-refractivity contribution in [3.63, 3.8) is 0 Å². The number of rotatable bonds is 7. The highest BCUT2D eigenvalue weighted by Crippen LogP contribution is 2.09. The first-order chi connectivity index (χ1) is 11.7. The van der Waals surface area contributed by atoms with Crippen LogP contribution in [0.15, 0.2) is 30.3 Å². The van der Waals surface area contributed by atoms with Crippen LogP contribution in [0.25, 0.3) is 0 Å². The number of carbonyl (C=O) groups excluding carboxylic acids is 3. The van der Waals surface area contributed by atoms with E-state index in [1.165, 1.54) is 7.11 Å². The third-order valence-electron chi connectivity index (χ3n) is 3.21. The van der Waals surface area contributed by atoms with Gasteiger partial charge in [0.25, 0.3) is 0 Å². The zero-order chi connectivity index (χ0) is 18.9. The molecule has 0 heterocycles. The fraction of sp³-hybridized carbons (Fsp3) is 0.500. The smallest absolute Gasteiger partial charge is 0.408 e. The van der Waals surface area contributed by atoms with Gasteiger partial charge in [0.05, 0.1) is 7.11 Å². The van der Waals surface area contributed by atoms with Gasteiger partial charge in [0.15, 0.2) is 0 Å². The fourth-order valence-corrected chi connectivity index (χ4v) is 2.03. The molecule has 0 spiro atoms. The molecule has 7 nitrogen and oxygen atoms in total. The standard InChI is InChI=1S/C18H26N2O5/c1-18(2,3)25-17(23)20-14(16(22)19-12-15(21)24-4)11-10-13-8-6-5-7-9-13/h5-9,14H,10-12H2,1-4H3,(H,19,22)(H,20,23)/t14-/m0/s1. The molecule has 0 fully saturated rings. The number of carbonyl (C=O) groups is 3. The van der Waals surface area contributed by atoms with Gasteiger partial charge >= 0.3 is 12.1 Å². The van der Waals surface area contributed by atoms with Crippen LogP contribution in [0.2, 0.25) is 0 Å². The van der Waals surface area contributed by atoms with Gasteiger partial charge in [-0.1, -0.05) is 30.3 Å². The molecule has 0 unspecified atom stereocenters. The summed E-state index contributed by atoms with van der Waals surface area (Å²) in [6.45, 7) is 4.96. The Morgan fingerprint density at radius 2 is 1.76 bits per heavy atom. The van der Waals surface area contributed by atoms with Gasteiger partial charge in [-0.2, -0.15) is 0 Å². The third kappa shape index (κ3) is 8.74. The van der Waals surface area contributed by atoms with Crippen LogP contribution in [0.5, 0.6) is 0 Å². The van der Waals surface area contributed by atoms with Gasteiger partial charge in [-0.3, -0.25) is 9.59 Å². The maximum atomic E-state index is 12.3. The molecule has 2 amide bonds. The van der Waals surface area contributed by atoms with Gasteiger partial charge in [-0.05, 0) is 39.2 Å². The van der Waals surface area contributed by atoms with Crippen molar-refractivity contribution >= 4 is 18.0 Å². The highest BCUT2D eigenvalue weighted by Gasteiger charge is 2.24. The summed E-state index contributed by atoms with van der Waals surface area (Å²) in [6.07, 6.45) is 0.280. The van der Waals surface area contributed by atoms with Gasteiger partial charge in [0.2, 0.25) is 5.91 Å². The summed E-state index contributed by atoms with van der Waals surface area (Å²) >= 11 is 0. The lowest BCUT2D eigenvalue weighted by Gasteiger charge is -2.23. The van der Waals surface area contributed by atoms with Gasteiger partial charge in [0.1, 0.15) is 18.2 Å².